The fourth-order valence-corrected chi connectivity index (χ4v) is 3.02. The second kappa shape index (κ2) is 6.37. The molecule has 1 unspecified atom stereocenters. The van der Waals surface area contributed by atoms with Crippen molar-refractivity contribution in [3.05, 3.63) is 46.0 Å². The van der Waals surface area contributed by atoms with Crippen LogP contribution in [0.4, 0.5) is 8.78 Å². The third-order valence-electron chi connectivity index (χ3n) is 2.98. The summed E-state index contributed by atoms with van der Waals surface area (Å²) >= 11 is 1.26. The summed E-state index contributed by atoms with van der Waals surface area (Å²) in [5.41, 5.74) is 1.42. The van der Waals surface area contributed by atoms with Crippen LogP contribution in [0.1, 0.15) is 48.9 Å². The van der Waals surface area contributed by atoms with E-state index in [9.17, 15) is 8.78 Å². The van der Waals surface area contributed by atoms with Gasteiger partial charge in [0.1, 0.15) is 11.6 Å². The first-order chi connectivity index (χ1) is 9.52. The highest BCUT2D eigenvalue weighted by Crippen LogP contribution is 2.31. The average Bonchev–Trinajstić information content (AvgIpc) is 2.83. The van der Waals surface area contributed by atoms with Gasteiger partial charge in [0.15, 0.2) is 0 Å². The number of hydrogen-bond donors (Lipinski definition) is 1. The molecule has 0 aliphatic rings. The van der Waals surface area contributed by atoms with Gasteiger partial charge in [-0.3, -0.25) is 0 Å². The van der Waals surface area contributed by atoms with Crippen molar-refractivity contribution in [1.82, 2.24) is 14.9 Å². The van der Waals surface area contributed by atoms with E-state index in [2.05, 4.69) is 14.9 Å². The molecular weight excluding hydrogens is 280 g/mol. The number of nitrogens with one attached hydrogen (secondary N) is 1. The summed E-state index contributed by atoms with van der Waals surface area (Å²) in [6.07, 6.45) is 0. The fraction of sp³-hybridized carbons (Fsp3) is 0.429. The van der Waals surface area contributed by atoms with Gasteiger partial charge in [-0.05, 0) is 41.7 Å². The second-order valence-electron chi connectivity index (χ2n) is 4.87. The van der Waals surface area contributed by atoms with Crippen molar-refractivity contribution in [2.45, 2.75) is 32.7 Å². The van der Waals surface area contributed by atoms with Gasteiger partial charge in [-0.15, -0.1) is 5.10 Å². The maximum absolute atomic E-state index is 13.4. The molecular formula is C14H17F2N3S. The van der Waals surface area contributed by atoms with Crippen LogP contribution in [0.5, 0.6) is 0 Å². The number of benzene rings is 1. The summed E-state index contributed by atoms with van der Waals surface area (Å²) in [6.45, 7) is 6.68. The highest BCUT2D eigenvalue weighted by atomic mass is 32.1. The van der Waals surface area contributed by atoms with Gasteiger partial charge < -0.3 is 5.32 Å². The monoisotopic (exact) mass is 297 g/mol. The number of rotatable bonds is 5. The molecule has 1 aromatic heterocycles. The van der Waals surface area contributed by atoms with Gasteiger partial charge in [-0.2, -0.15) is 0 Å². The number of aromatic nitrogens is 2. The van der Waals surface area contributed by atoms with E-state index in [-0.39, 0.29) is 12.0 Å². The SMILES string of the molecule is CCNC(c1cc(F)cc(F)c1)c1snnc1C(C)C. The number of halogens is 2. The lowest BCUT2D eigenvalue weighted by Crippen LogP contribution is -2.22. The van der Waals surface area contributed by atoms with Crippen LogP contribution < -0.4 is 5.32 Å². The van der Waals surface area contributed by atoms with Crippen LogP contribution in [0.2, 0.25) is 0 Å². The van der Waals surface area contributed by atoms with Crippen LogP contribution in [-0.2, 0) is 0 Å². The normalized spacial score (nSPS) is 12.9. The molecule has 0 bridgehead atoms. The summed E-state index contributed by atoms with van der Waals surface area (Å²) in [5.74, 6) is -0.943. The Labute approximate surface area is 121 Å². The maximum Gasteiger partial charge on any atom is 0.126 e. The van der Waals surface area contributed by atoms with Gasteiger partial charge in [-0.1, -0.05) is 25.3 Å². The second-order valence-corrected chi connectivity index (χ2v) is 5.66. The van der Waals surface area contributed by atoms with E-state index in [0.29, 0.717) is 12.1 Å². The van der Waals surface area contributed by atoms with Crippen LogP contribution in [0, 0.1) is 11.6 Å². The van der Waals surface area contributed by atoms with Crippen LogP contribution in [0.25, 0.3) is 0 Å². The van der Waals surface area contributed by atoms with Crippen molar-refractivity contribution >= 4 is 11.5 Å². The third kappa shape index (κ3) is 3.19. The van der Waals surface area contributed by atoms with E-state index in [0.717, 1.165) is 16.6 Å². The van der Waals surface area contributed by atoms with Crippen LogP contribution in [-0.4, -0.2) is 16.1 Å². The predicted molar refractivity (Wildman–Crippen MR) is 75.9 cm³/mol. The Hall–Kier alpha value is -1.40. The minimum atomic E-state index is -0.577. The largest absolute Gasteiger partial charge is 0.306 e. The molecule has 0 amide bonds. The van der Waals surface area contributed by atoms with Gasteiger partial charge >= 0.3 is 0 Å². The molecule has 0 saturated heterocycles. The number of hydrogen-bond acceptors (Lipinski definition) is 4. The summed E-state index contributed by atoms with van der Waals surface area (Å²) in [6, 6.07) is 3.28. The molecule has 0 radical (unpaired) electrons. The Morgan fingerprint density at radius 3 is 2.40 bits per heavy atom. The molecule has 0 saturated carbocycles. The molecule has 1 heterocycles. The van der Waals surface area contributed by atoms with Crippen LogP contribution in [0.15, 0.2) is 18.2 Å². The van der Waals surface area contributed by atoms with E-state index >= 15 is 0 Å². The average molecular weight is 297 g/mol. The van der Waals surface area contributed by atoms with E-state index in [4.69, 9.17) is 0 Å². The van der Waals surface area contributed by atoms with Gasteiger partial charge in [-0.25, -0.2) is 8.78 Å². The molecule has 0 fully saturated rings. The van der Waals surface area contributed by atoms with Crippen molar-refractivity contribution < 1.29 is 8.78 Å². The third-order valence-corrected chi connectivity index (χ3v) is 3.78. The molecule has 20 heavy (non-hydrogen) atoms. The van der Waals surface area contributed by atoms with Crippen molar-refractivity contribution in [3.63, 3.8) is 0 Å². The molecule has 1 N–H and O–H groups in total. The highest BCUT2D eigenvalue weighted by molar-refractivity contribution is 7.05. The molecule has 1 aromatic carbocycles. The lowest BCUT2D eigenvalue weighted by molar-refractivity contribution is 0.565. The first kappa shape index (κ1) is 15.0. The smallest absolute Gasteiger partial charge is 0.126 e. The van der Waals surface area contributed by atoms with Crippen molar-refractivity contribution in [1.29, 1.82) is 0 Å². The summed E-state index contributed by atoms with van der Waals surface area (Å²) in [5, 5.41) is 7.38. The van der Waals surface area contributed by atoms with E-state index in [1.54, 1.807) is 0 Å². The molecule has 108 valence electrons. The molecule has 6 heteroatoms. The summed E-state index contributed by atoms with van der Waals surface area (Å²) in [7, 11) is 0. The van der Waals surface area contributed by atoms with E-state index < -0.39 is 11.6 Å². The van der Waals surface area contributed by atoms with Crippen molar-refractivity contribution in [2.24, 2.45) is 0 Å². The molecule has 2 aromatic rings. The summed E-state index contributed by atoms with van der Waals surface area (Å²) < 4.78 is 30.8. The fourth-order valence-electron chi connectivity index (χ4n) is 2.11. The molecule has 3 nitrogen and oxygen atoms in total. The van der Waals surface area contributed by atoms with E-state index in [1.165, 1.54) is 23.7 Å². The zero-order valence-corrected chi connectivity index (χ0v) is 12.5. The zero-order valence-electron chi connectivity index (χ0n) is 11.7. The van der Waals surface area contributed by atoms with Gasteiger partial charge in [0, 0.05) is 6.07 Å². The molecule has 0 spiro atoms. The first-order valence-electron chi connectivity index (χ1n) is 6.54. The van der Waals surface area contributed by atoms with Gasteiger partial charge in [0.25, 0.3) is 0 Å². The Kier molecular flexibility index (Phi) is 4.77. The summed E-state index contributed by atoms with van der Waals surface area (Å²) in [4.78, 5) is 0.909. The molecule has 0 aliphatic heterocycles. The lowest BCUT2D eigenvalue weighted by Gasteiger charge is -2.18. The first-order valence-corrected chi connectivity index (χ1v) is 7.31. The Morgan fingerprint density at radius 2 is 1.85 bits per heavy atom. The van der Waals surface area contributed by atoms with Gasteiger partial charge in [0.2, 0.25) is 0 Å². The highest BCUT2D eigenvalue weighted by Gasteiger charge is 2.23. The van der Waals surface area contributed by atoms with Crippen LogP contribution in [0.3, 0.4) is 0 Å². The number of nitrogens with zero attached hydrogens (tertiary/aromatic N) is 2. The minimum absolute atomic E-state index is 0.211. The van der Waals surface area contributed by atoms with Crippen LogP contribution >= 0.6 is 11.5 Å². The maximum atomic E-state index is 13.4. The lowest BCUT2D eigenvalue weighted by atomic mass is 10.00. The van der Waals surface area contributed by atoms with E-state index in [1.807, 2.05) is 20.8 Å². The standard InChI is InChI=1S/C14H17F2N3S/c1-4-17-13(9-5-10(15)7-11(16)6-9)14-12(8(2)3)18-19-20-14/h5-8,13,17H,4H2,1-3H3. The predicted octanol–water partition coefficient (Wildman–Crippen LogP) is 3.64. The van der Waals surface area contributed by atoms with Gasteiger partial charge in [0.05, 0.1) is 16.6 Å². The zero-order chi connectivity index (χ0) is 14.7. The van der Waals surface area contributed by atoms with Crippen molar-refractivity contribution in [3.8, 4) is 0 Å². The van der Waals surface area contributed by atoms with Crippen molar-refractivity contribution in [2.75, 3.05) is 6.54 Å². The topological polar surface area (TPSA) is 37.8 Å². The molecule has 0 aliphatic carbocycles. The Bertz CT molecular complexity index is 563. The molecule has 1 atom stereocenters. The Balaban J connectivity index is 2.47. The minimum Gasteiger partial charge on any atom is -0.306 e. The quantitative estimate of drug-likeness (QED) is 0.915. The Morgan fingerprint density at radius 1 is 1.20 bits per heavy atom. The molecule has 2 rings (SSSR count).